The molecule has 8 atom stereocenters. The first-order valence-corrected chi connectivity index (χ1v) is 16.2. The van der Waals surface area contributed by atoms with Crippen LogP contribution in [0.5, 0.6) is 0 Å². The number of aliphatic hydroxyl groups excluding tert-OH is 1. The van der Waals surface area contributed by atoms with Crippen LogP contribution in [0, 0.1) is 23.3 Å². The van der Waals surface area contributed by atoms with Crippen LogP contribution in [0.1, 0.15) is 25.9 Å². The summed E-state index contributed by atoms with van der Waals surface area (Å²) in [5.74, 6) is -6.39. The van der Waals surface area contributed by atoms with Gasteiger partial charge in [-0.3, -0.25) is 9.59 Å². The summed E-state index contributed by atoms with van der Waals surface area (Å²) in [6, 6.07) is -0.282. The van der Waals surface area contributed by atoms with Gasteiger partial charge in [0.15, 0.2) is 35.2 Å². The number of hydrogen-bond acceptors (Lipinski definition) is 15. The molecule has 0 spiro atoms. The van der Waals surface area contributed by atoms with Gasteiger partial charge in [-0.05, 0) is 12.1 Å². The Morgan fingerprint density at radius 3 is 2.29 bits per heavy atom. The van der Waals surface area contributed by atoms with Crippen molar-refractivity contribution in [3.05, 3.63) is 60.2 Å². The topological polar surface area (TPSA) is 188 Å². The average Bonchev–Trinajstić information content (AvgIpc) is 3.79. The van der Waals surface area contributed by atoms with E-state index in [0.717, 1.165) is 43.2 Å². The van der Waals surface area contributed by atoms with Crippen molar-refractivity contribution >= 4 is 23.7 Å². The molecule has 3 aromatic heterocycles. The van der Waals surface area contributed by atoms with Crippen molar-refractivity contribution in [1.29, 1.82) is 0 Å². The Hall–Kier alpha value is -4.57. The summed E-state index contributed by atoms with van der Waals surface area (Å²) < 4.78 is 86.7. The lowest BCUT2D eigenvalue weighted by molar-refractivity contribution is -0.208. The van der Waals surface area contributed by atoms with E-state index in [1.165, 1.54) is 35.8 Å². The Labute approximate surface area is 290 Å². The third kappa shape index (κ3) is 7.86. The standard InChI is InChI=1S/C30H30F4N8O8S/c1-13(43)48-11-22-27(49-14(2)44)25(42-8-19(37-40-42)15-4-17(32)24(34)18(33)5-15)28(46-3)30(50-22)51-23-12-47-10-21(26(23)45)41-9-20(38-39-41)29-35-6-16(31)7-36-29/h4-9,21-23,25-28,30,45H,10-12H2,1-3H3/t21-,22+,23+,25-,26+,27-,28+,30-/m0/s1. The zero-order valence-corrected chi connectivity index (χ0v) is 27.8. The second-order valence-corrected chi connectivity index (χ2v) is 12.9. The highest BCUT2D eigenvalue weighted by Gasteiger charge is 2.52. The number of halogens is 4. The zero-order valence-electron chi connectivity index (χ0n) is 27.0. The quantitative estimate of drug-likeness (QED) is 0.141. The van der Waals surface area contributed by atoms with Gasteiger partial charge in [0.05, 0.1) is 49.4 Å². The van der Waals surface area contributed by atoms with Crippen molar-refractivity contribution in [2.75, 3.05) is 26.9 Å². The third-order valence-electron chi connectivity index (χ3n) is 8.09. The van der Waals surface area contributed by atoms with Gasteiger partial charge < -0.3 is 28.8 Å². The van der Waals surface area contributed by atoms with E-state index in [0.29, 0.717) is 0 Å². The van der Waals surface area contributed by atoms with Crippen LogP contribution in [0.4, 0.5) is 17.6 Å². The van der Waals surface area contributed by atoms with Crippen LogP contribution in [0.3, 0.4) is 0 Å². The molecule has 0 saturated carbocycles. The highest BCUT2D eigenvalue weighted by molar-refractivity contribution is 8.00. The molecule has 21 heteroatoms. The molecule has 6 rings (SSSR count). The van der Waals surface area contributed by atoms with Crippen LogP contribution in [-0.4, -0.2) is 119 Å². The van der Waals surface area contributed by atoms with Crippen molar-refractivity contribution < 1.29 is 55.9 Å². The van der Waals surface area contributed by atoms with Gasteiger partial charge in [0.25, 0.3) is 0 Å². The van der Waals surface area contributed by atoms with Crippen molar-refractivity contribution in [2.24, 2.45) is 0 Å². The largest absolute Gasteiger partial charge is 0.463 e. The molecule has 51 heavy (non-hydrogen) atoms. The van der Waals surface area contributed by atoms with Gasteiger partial charge in [-0.2, -0.15) is 0 Å². The molecule has 2 fully saturated rings. The monoisotopic (exact) mass is 738 g/mol. The summed E-state index contributed by atoms with van der Waals surface area (Å²) in [5, 5.41) is 27.1. The molecule has 0 unspecified atom stereocenters. The minimum absolute atomic E-state index is 0.0476. The second-order valence-electron chi connectivity index (χ2n) is 11.5. The Kier molecular flexibility index (Phi) is 10.9. The number of ether oxygens (including phenoxy) is 5. The van der Waals surface area contributed by atoms with Crippen molar-refractivity contribution in [1.82, 2.24) is 40.0 Å². The number of nitrogens with zero attached hydrogens (tertiary/aromatic N) is 8. The van der Waals surface area contributed by atoms with Gasteiger partial charge in [0, 0.05) is 26.5 Å². The van der Waals surface area contributed by atoms with Gasteiger partial charge in [-0.25, -0.2) is 36.9 Å². The molecule has 0 radical (unpaired) electrons. The summed E-state index contributed by atoms with van der Waals surface area (Å²) in [4.78, 5) is 32.0. The molecular formula is C30H30F4N8O8S. The smallest absolute Gasteiger partial charge is 0.303 e. The fourth-order valence-corrected chi connectivity index (χ4v) is 7.24. The van der Waals surface area contributed by atoms with E-state index in [9.17, 15) is 32.3 Å². The maximum atomic E-state index is 14.1. The predicted octanol–water partition coefficient (Wildman–Crippen LogP) is 2.06. The number of rotatable bonds is 10. The molecule has 0 aliphatic carbocycles. The van der Waals surface area contributed by atoms with E-state index in [1.807, 2.05) is 0 Å². The highest BCUT2D eigenvalue weighted by atomic mass is 32.2. The fourth-order valence-electron chi connectivity index (χ4n) is 5.75. The first-order chi connectivity index (χ1) is 24.4. The molecule has 1 aromatic carbocycles. The molecular weight excluding hydrogens is 708 g/mol. The second kappa shape index (κ2) is 15.4. The minimum atomic E-state index is -1.65. The van der Waals surface area contributed by atoms with Gasteiger partial charge in [0.1, 0.15) is 47.7 Å². The molecule has 1 N–H and O–H groups in total. The lowest BCUT2D eigenvalue weighted by Crippen LogP contribution is -2.58. The molecule has 272 valence electrons. The Morgan fingerprint density at radius 2 is 1.63 bits per heavy atom. The van der Waals surface area contributed by atoms with E-state index >= 15 is 0 Å². The normalized spacial score (nSPS) is 26.5. The summed E-state index contributed by atoms with van der Waals surface area (Å²) in [7, 11) is 1.36. The van der Waals surface area contributed by atoms with E-state index in [4.69, 9.17) is 23.7 Å². The Bertz CT molecular complexity index is 1850. The van der Waals surface area contributed by atoms with E-state index in [2.05, 4.69) is 30.6 Å². The molecule has 2 aliphatic rings. The number of aliphatic hydroxyl groups is 1. The molecule has 0 bridgehead atoms. The van der Waals surface area contributed by atoms with Crippen molar-refractivity contribution in [2.45, 2.75) is 61.0 Å². The molecule has 2 aliphatic heterocycles. The van der Waals surface area contributed by atoms with Crippen LogP contribution in [-0.2, 0) is 33.3 Å². The summed E-state index contributed by atoms with van der Waals surface area (Å²) in [5.41, 5.74) is -0.908. The Balaban J connectivity index is 1.30. The number of thioether (sulfide) groups is 1. The number of benzene rings is 1. The highest BCUT2D eigenvalue weighted by Crippen LogP contribution is 2.42. The number of methoxy groups -OCH3 is 1. The lowest BCUT2D eigenvalue weighted by atomic mass is 9.96. The van der Waals surface area contributed by atoms with Gasteiger partial charge >= 0.3 is 11.9 Å². The number of aromatic nitrogens is 8. The number of carbonyl (C=O) groups is 2. The van der Waals surface area contributed by atoms with Gasteiger partial charge in [-0.15, -0.1) is 22.0 Å². The molecule has 2 saturated heterocycles. The first kappa shape index (κ1) is 36.2. The third-order valence-corrected chi connectivity index (χ3v) is 9.50. The summed E-state index contributed by atoms with van der Waals surface area (Å²) in [6.45, 7) is 2.09. The molecule has 5 heterocycles. The predicted molar refractivity (Wildman–Crippen MR) is 164 cm³/mol. The number of hydrogen-bond donors (Lipinski definition) is 1. The van der Waals surface area contributed by atoms with Crippen LogP contribution in [0.15, 0.2) is 36.9 Å². The summed E-state index contributed by atoms with van der Waals surface area (Å²) >= 11 is 1.12. The van der Waals surface area contributed by atoms with Crippen LogP contribution in [0.2, 0.25) is 0 Å². The van der Waals surface area contributed by atoms with Gasteiger partial charge in [-0.1, -0.05) is 10.4 Å². The molecule has 16 nitrogen and oxygen atoms in total. The number of esters is 2. The average molecular weight is 739 g/mol. The van der Waals surface area contributed by atoms with E-state index in [-0.39, 0.29) is 42.6 Å². The Morgan fingerprint density at radius 1 is 0.961 bits per heavy atom. The molecule has 0 amide bonds. The van der Waals surface area contributed by atoms with Crippen molar-refractivity contribution in [3.63, 3.8) is 0 Å². The summed E-state index contributed by atoms with van der Waals surface area (Å²) in [6.07, 6.45) is 0.337. The van der Waals surface area contributed by atoms with Crippen LogP contribution in [0.25, 0.3) is 22.8 Å². The zero-order chi connectivity index (χ0) is 36.4. The first-order valence-electron chi connectivity index (χ1n) is 15.3. The maximum Gasteiger partial charge on any atom is 0.303 e. The maximum absolute atomic E-state index is 14.1. The molecule has 4 aromatic rings. The lowest BCUT2D eigenvalue weighted by Gasteiger charge is -2.46. The SMILES string of the molecule is CO[C@@H]1[C@@H](n2cc(-c3cc(F)c(F)c(F)c3)nn2)[C@@H](OC(C)=O)[C@@H](COC(C)=O)O[C@H]1S[C@@H]1COC[C@H](n2cc(-c3ncc(F)cn3)nn2)[C@H]1O. The fraction of sp³-hybridized carbons (Fsp3) is 0.467. The van der Waals surface area contributed by atoms with Crippen LogP contribution >= 0.6 is 11.8 Å². The minimum Gasteiger partial charge on any atom is -0.463 e. The van der Waals surface area contributed by atoms with E-state index < -0.39 is 82.4 Å². The van der Waals surface area contributed by atoms with Gasteiger partial charge in [0.2, 0.25) is 0 Å². The number of carbonyl (C=O) groups excluding carboxylic acids is 2. The van der Waals surface area contributed by atoms with E-state index in [1.54, 1.807) is 0 Å². The van der Waals surface area contributed by atoms with Crippen molar-refractivity contribution in [3.8, 4) is 22.8 Å². The van der Waals surface area contributed by atoms with Crippen LogP contribution < -0.4 is 0 Å².